The van der Waals surface area contributed by atoms with Crippen molar-refractivity contribution in [3.05, 3.63) is 29.3 Å². The SMILES string of the molecule is C[C@H](C(=O)OCC(=O)Nc1cccc(Cl)c1)N1C(=O)[C@H]2[C@H]3CC[C@@H](C3)[C@@H]2C1=O. The molecule has 1 N–H and O–H groups in total. The zero-order valence-electron chi connectivity index (χ0n) is 15.4. The summed E-state index contributed by atoms with van der Waals surface area (Å²) < 4.78 is 5.04. The van der Waals surface area contributed by atoms with Gasteiger partial charge >= 0.3 is 5.97 Å². The molecule has 2 saturated carbocycles. The number of carbonyl (C=O) groups is 4. The molecule has 1 aromatic rings. The first-order valence-corrected chi connectivity index (χ1v) is 9.83. The van der Waals surface area contributed by atoms with E-state index >= 15 is 0 Å². The predicted molar refractivity (Wildman–Crippen MR) is 100 cm³/mol. The Morgan fingerprint density at radius 2 is 1.86 bits per heavy atom. The molecular weight excluding hydrogens is 384 g/mol. The quantitative estimate of drug-likeness (QED) is 0.600. The lowest BCUT2D eigenvalue weighted by molar-refractivity contribution is -0.159. The first-order chi connectivity index (χ1) is 13.4. The number of anilines is 1. The topological polar surface area (TPSA) is 92.8 Å². The molecule has 28 heavy (non-hydrogen) atoms. The van der Waals surface area contributed by atoms with Crippen LogP contribution in [0.2, 0.25) is 5.02 Å². The fraction of sp³-hybridized carbons (Fsp3) is 0.500. The summed E-state index contributed by atoms with van der Waals surface area (Å²) in [6, 6.07) is 5.54. The first-order valence-electron chi connectivity index (χ1n) is 9.45. The van der Waals surface area contributed by atoms with E-state index in [1.807, 2.05) is 0 Å². The molecule has 0 spiro atoms. The average Bonchev–Trinajstić information content (AvgIpc) is 3.33. The van der Waals surface area contributed by atoms with Gasteiger partial charge in [-0.25, -0.2) is 4.79 Å². The lowest BCUT2D eigenvalue weighted by Gasteiger charge is -2.23. The van der Waals surface area contributed by atoms with Crippen molar-refractivity contribution in [2.75, 3.05) is 11.9 Å². The molecule has 4 rings (SSSR count). The standard InChI is InChI=1S/C20H21ClN2O5/c1-10(20(27)28-9-15(24)22-14-4-2-3-13(21)8-14)23-18(25)16-11-5-6-12(7-11)17(16)19(23)26/h2-4,8,10-12,16-17H,5-7,9H2,1H3,(H,22,24)/t10-,11+,12+,16+,17+/m1/s1. The summed E-state index contributed by atoms with van der Waals surface area (Å²) in [5.74, 6) is -1.90. The van der Waals surface area contributed by atoms with Crippen LogP contribution in [0.4, 0.5) is 5.69 Å². The molecule has 2 aliphatic carbocycles. The largest absolute Gasteiger partial charge is 0.454 e. The van der Waals surface area contributed by atoms with Crippen molar-refractivity contribution >= 4 is 41.0 Å². The smallest absolute Gasteiger partial charge is 0.329 e. The zero-order valence-corrected chi connectivity index (χ0v) is 16.1. The molecule has 3 amide bonds. The third-order valence-electron chi connectivity index (χ3n) is 6.14. The number of carbonyl (C=O) groups excluding carboxylic acids is 4. The van der Waals surface area contributed by atoms with Crippen molar-refractivity contribution in [1.29, 1.82) is 0 Å². The molecule has 7 nitrogen and oxygen atoms in total. The van der Waals surface area contributed by atoms with E-state index in [4.69, 9.17) is 16.3 Å². The molecule has 5 atom stereocenters. The number of likely N-dealkylation sites (tertiary alicyclic amines) is 1. The van der Waals surface area contributed by atoms with Crippen LogP contribution in [0, 0.1) is 23.7 Å². The van der Waals surface area contributed by atoms with E-state index in [0.717, 1.165) is 24.2 Å². The van der Waals surface area contributed by atoms with Gasteiger partial charge in [0.25, 0.3) is 5.91 Å². The van der Waals surface area contributed by atoms with Gasteiger partial charge in [0.05, 0.1) is 11.8 Å². The van der Waals surface area contributed by atoms with Crippen molar-refractivity contribution in [3.8, 4) is 0 Å². The van der Waals surface area contributed by atoms with Crippen LogP contribution in [-0.4, -0.2) is 41.2 Å². The Morgan fingerprint density at radius 3 is 2.46 bits per heavy atom. The van der Waals surface area contributed by atoms with E-state index in [0.29, 0.717) is 10.7 Å². The van der Waals surface area contributed by atoms with Gasteiger partial charge in [-0.2, -0.15) is 0 Å². The number of halogens is 1. The minimum Gasteiger partial charge on any atom is -0.454 e. The molecule has 148 valence electrons. The minimum absolute atomic E-state index is 0.253. The van der Waals surface area contributed by atoms with Crippen LogP contribution in [-0.2, 0) is 23.9 Å². The Bertz CT molecular complexity index is 829. The molecule has 0 aromatic heterocycles. The number of rotatable bonds is 5. The average molecular weight is 405 g/mol. The molecule has 0 radical (unpaired) electrons. The lowest BCUT2D eigenvalue weighted by Crippen LogP contribution is -2.45. The highest BCUT2D eigenvalue weighted by molar-refractivity contribution is 6.30. The molecule has 0 unspecified atom stereocenters. The molecule has 1 aliphatic heterocycles. The molecular formula is C20H21ClN2O5. The number of amides is 3. The normalized spacial score (nSPS) is 29.0. The van der Waals surface area contributed by atoms with Gasteiger partial charge in [0.15, 0.2) is 6.61 Å². The van der Waals surface area contributed by atoms with Crippen LogP contribution in [0.5, 0.6) is 0 Å². The third kappa shape index (κ3) is 3.17. The summed E-state index contributed by atoms with van der Waals surface area (Å²) in [5.41, 5.74) is 0.481. The summed E-state index contributed by atoms with van der Waals surface area (Å²) >= 11 is 5.86. The van der Waals surface area contributed by atoms with Gasteiger partial charge in [0, 0.05) is 10.7 Å². The predicted octanol–water partition coefficient (Wildman–Crippen LogP) is 2.24. The second kappa shape index (κ2) is 7.20. The molecule has 8 heteroatoms. The second-order valence-electron chi connectivity index (χ2n) is 7.77. The maximum Gasteiger partial charge on any atom is 0.329 e. The number of nitrogens with zero attached hydrogens (tertiary/aromatic N) is 1. The molecule has 1 heterocycles. The highest BCUT2D eigenvalue weighted by Crippen LogP contribution is 2.56. The molecule has 3 fully saturated rings. The third-order valence-corrected chi connectivity index (χ3v) is 6.38. The minimum atomic E-state index is -1.04. The van der Waals surface area contributed by atoms with Crippen LogP contribution < -0.4 is 5.32 Å². The summed E-state index contributed by atoms with van der Waals surface area (Å²) in [4.78, 5) is 50.9. The number of benzene rings is 1. The fourth-order valence-corrected chi connectivity index (χ4v) is 5.13. The highest BCUT2D eigenvalue weighted by Gasteiger charge is 2.62. The second-order valence-corrected chi connectivity index (χ2v) is 8.21. The Hall–Kier alpha value is -2.41. The first kappa shape index (κ1) is 18.9. The number of ether oxygens (including phenoxy) is 1. The van der Waals surface area contributed by atoms with Crippen molar-refractivity contribution in [3.63, 3.8) is 0 Å². The van der Waals surface area contributed by atoms with Crippen molar-refractivity contribution in [2.45, 2.75) is 32.2 Å². The number of imide groups is 1. The van der Waals surface area contributed by atoms with Gasteiger partial charge in [0.2, 0.25) is 11.8 Å². The number of fused-ring (bicyclic) bond motifs is 5. The van der Waals surface area contributed by atoms with E-state index in [9.17, 15) is 19.2 Å². The van der Waals surface area contributed by atoms with Crippen LogP contribution in [0.25, 0.3) is 0 Å². The van der Waals surface area contributed by atoms with Gasteiger partial charge in [-0.15, -0.1) is 0 Å². The maximum atomic E-state index is 12.7. The van der Waals surface area contributed by atoms with E-state index in [1.165, 1.54) is 6.92 Å². The Labute approximate surface area is 167 Å². The van der Waals surface area contributed by atoms with Gasteiger partial charge in [-0.05, 0) is 56.2 Å². The molecule has 2 bridgehead atoms. The molecule has 1 saturated heterocycles. The Morgan fingerprint density at radius 1 is 1.21 bits per heavy atom. The van der Waals surface area contributed by atoms with Gasteiger partial charge in [-0.3, -0.25) is 19.3 Å². The zero-order chi connectivity index (χ0) is 20.0. The van der Waals surface area contributed by atoms with Crippen molar-refractivity contribution < 1.29 is 23.9 Å². The van der Waals surface area contributed by atoms with E-state index < -0.39 is 24.5 Å². The van der Waals surface area contributed by atoms with Crippen molar-refractivity contribution in [1.82, 2.24) is 4.90 Å². The lowest BCUT2D eigenvalue weighted by atomic mass is 9.81. The maximum absolute atomic E-state index is 12.7. The van der Waals surface area contributed by atoms with Crippen molar-refractivity contribution in [2.24, 2.45) is 23.7 Å². The van der Waals surface area contributed by atoms with Gasteiger partial charge < -0.3 is 10.1 Å². The van der Waals surface area contributed by atoms with E-state index in [-0.39, 0.29) is 35.5 Å². The number of hydrogen-bond donors (Lipinski definition) is 1. The number of esters is 1. The number of hydrogen-bond acceptors (Lipinski definition) is 5. The summed E-state index contributed by atoms with van der Waals surface area (Å²) in [5, 5.41) is 3.03. The summed E-state index contributed by atoms with van der Waals surface area (Å²) in [7, 11) is 0. The van der Waals surface area contributed by atoms with Crippen LogP contribution in [0.1, 0.15) is 26.2 Å². The van der Waals surface area contributed by atoms with Crippen LogP contribution >= 0.6 is 11.6 Å². The summed E-state index contributed by atoms with van der Waals surface area (Å²) in [6.07, 6.45) is 2.88. The van der Waals surface area contributed by atoms with E-state index in [2.05, 4.69) is 5.32 Å². The Kier molecular flexibility index (Phi) is 4.87. The molecule has 3 aliphatic rings. The summed E-state index contributed by atoms with van der Waals surface area (Å²) in [6.45, 7) is 0.958. The van der Waals surface area contributed by atoms with Crippen LogP contribution in [0.3, 0.4) is 0 Å². The fourth-order valence-electron chi connectivity index (χ4n) is 4.94. The van der Waals surface area contributed by atoms with Gasteiger partial charge in [-0.1, -0.05) is 17.7 Å². The van der Waals surface area contributed by atoms with E-state index in [1.54, 1.807) is 24.3 Å². The highest BCUT2D eigenvalue weighted by atomic mass is 35.5. The monoisotopic (exact) mass is 404 g/mol. The van der Waals surface area contributed by atoms with Crippen LogP contribution in [0.15, 0.2) is 24.3 Å². The number of nitrogens with one attached hydrogen (secondary N) is 1. The van der Waals surface area contributed by atoms with Gasteiger partial charge in [0.1, 0.15) is 6.04 Å². The molecule has 1 aromatic carbocycles. The Balaban J connectivity index is 1.34.